The van der Waals surface area contributed by atoms with Crippen LogP contribution in [0.2, 0.25) is 0 Å². The number of para-hydroxylation sites is 1. The number of rotatable bonds is 7. The predicted molar refractivity (Wildman–Crippen MR) is 125 cm³/mol. The van der Waals surface area contributed by atoms with Crippen LogP contribution in [0.5, 0.6) is 5.75 Å². The number of hydrogen-bond donors (Lipinski definition) is 0. The third kappa shape index (κ3) is 4.96. The number of aryl methyl sites for hydroxylation is 1. The van der Waals surface area contributed by atoms with E-state index >= 15 is 0 Å². The van der Waals surface area contributed by atoms with Crippen LogP contribution in [-0.2, 0) is 6.54 Å². The zero-order valence-corrected chi connectivity index (χ0v) is 18.3. The number of pyridine rings is 1. The molecule has 2 heterocycles. The summed E-state index contributed by atoms with van der Waals surface area (Å²) in [5.41, 5.74) is 2.05. The molecule has 0 aliphatic rings. The number of carbonyl (C=O) groups excluding carboxylic acids is 2. The maximum absolute atomic E-state index is 12.6. The largest absolute Gasteiger partial charge is 0.493 e. The van der Waals surface area contributed by atoms with Crippen molar-refractivity contribution >= 4 is 28.6 Å². The van der Waals surface area contributed by atoms with Gasteiger partial charge in [0, 0.05) is 23.1 Å². The van der Waals surface area contributed by atoms with E-state index in [2.05, 4.69) is 0 Å². The normalized spacial score (nSPS) is 11.1. The van der Waals surface area contributed by atoms with Gasteiger partial charge in [0.2, 0.25) is 12.3 Å². The van der Waals surface area contributed by atoms with Crippen LogP contribution >= 0.6 is 0 Å². The first-order chi connectivity index (χ1) is 15.9. The number of benzene rings is 2. The Morgan fingerprint density at radius 3 is 2.45 bits per heavy atom. The molecule has 0 amide bonds. The smallest absolute Gasteiger partial charge is 0.347 e. The van der Waals surface area contributed by atoms with E-state index in [-0.39, 0.29) is 17.9 Å². The average molecular weight is 440 g/mol. The molecular weight excluding hydrogens is 418 g/mol. The van der Waals surface area contributed by atoms with E-state index in [0.717, 1.165) is 11.1 Å². The van der Waals surface area contributed by atoms with Crippen LogP contribution in [0.25, 0.3) is 17.0 Å². The number of ether oxygens (including phenoxy) is 1. The van der Waals surface area contributed by atoms with Crippen molar-refractivity contribution in [2.24, 2.45) is 0 Å². The summed E-state index contributed by atoms with van der Waals surface area (Å²) < 4.78 is 12.3. The average Bonchev–Trinajstić information content (AvgIpc) is 2.83. The van der Waals surface area contributed by atoms with Crippen molar-refractivity contribution in [3.8, 4) is 5.75 Å². The van der Waals surface area contributed by atoms with Gasteiger partial charge in [-0.25, -0.2) is 4.79 Å². The van der Waals surface area contributed by atoms with E-state index in [4.69, 9.17) is 9.15 Å². The number of hydrogen-bond acceptors (Lipinski definition) is 5. The number of methoxy groups -OCH3 is 1. The van der Waals surface area contributed by atoms with Gasteiger partial charge in [-0.15, -0.1) is 0 Å². The summed E-state index contributed by atoms with van der Waals surface area (Å²) in [7, 11) is 1.48. The molecule has 0 atom stereocenters. The highest BCUT2D eigenvalue weighted by atomic mass is 16.5. The fourth-order valence-electron chi connectivity index (χ4n) is 3.39. The second kappa shape index (κ2) is 9.44. The first kappa shape index (κ1) is 21.9. The number of ketones is 2. The summed E-state index contributed by atoms with van der Waals surface area (Å²) in [4.78, 5) is 37.3. The van der Waals surface area contributed by atoms with E-state index in [1.54, 1.807) is 53.4 Å². The van der Waals surface area contributed by atoms with E-state index < -0.39 is 11.4 Å². The molecule has 0 saturated heterocycles. The van der Waals surface area contributed by atoms with Gasteiger partial charge in [-0.2, -0.15) is 4.57 Å². The number of carbonyl (C=O) groups is 2. The number of Topliss-reactive ketones (excluding diaryl/α,β-unsaturated/α-hetero) is 1. The van der Waals surface area contributed by atoms with E-state index in [1.165, 1.54) is 19.3 Å². The van der Waals surface area contributed by atoms with E-state index in [0.29, 0.717) is 22.3 Å². The minimum Gasteiger partial charge on any atom is -0.493 e. The van der Waals surface area contributed by atoms with Gasteiger partial charge < -0.3 is 9.15 Å². The van der Waals surface area contributed by atoms with Gasteiger partial charge in [0.1, 0.15) is 5.56 Å². The number of fused-ring (bicyclic) bond motifs is 1. The molecule has 0 N–H and O–H groups in total. The lowest BCUT2D eigenvalue weighted by molar-refractivity contribution is -0.683. The summed E-state index contributed by atoms with van der Waals surface area (Å²) in [6.45, 7) is 2.19. The summed E-state index contributed by atoms with van der Waals surface area (Å²) >= 11 is 0. The van der Waals surface area contributed by atoms with Crippen molar-refractivity contribution in [2.45, 2.75) is 13.5 Å². The fourth-order valence-corrected chi connectivity index (χ4v) is 3.39. The second-order valence-electron chi connectivity index (χ2n) is 7.62. The summed E-state index contributed by atoms with van der Waals surface area (Å²) in [5.74, 6) is -0.0181. The molecule has 4 aromatic rings. The lowest BCUT2D eigenvalue weighted by Gasteiger charge is -2.04. The van der Waals surface area contributed by atoms with Gasteiger partial charge in [0.15, 0.2) is 29.5 Å². The van der Waals surface area contributed by atoms with Crippen molar-refractivity contribution in [2.75, 3.05) is 7.11 Å². The van der Waals surface area contributed by atoms with Crippen molar-refractivity contribution in [1.82, 2.24) is 0 Å². The number of nitrogens with zero attached hydrogens (tertiary/aromatic N) is 1. The Labute approximate surface area is 190 Å². The molecule has 6 heteroatoms. The number of allylic oxidation sites excluding steroid dienone is 1. The maximum atomic E-state index is 12.6. The van der Waals surface area contributed by atoms with Crippen LogP contribution in [-0.4, -0.2) is 18.7 Å². The van der Waals surface area contributed by atoms with Gasteiger partial charge in [-0.05, 0) is 30.7 Å². The van der Waals surface area contributed by atoms with Gasteiger partial charge in [0.25, 0.3) is 0 Å². The summed E-state index contributed by atoms with van der Waals surface area (Å²) in [5, 5.41) is 0.602. The Kier molecular flexibility index (Phi) is 6.26. The quantitative estimate of drug-likeness (QED) is 0.187. The Bertz CT molecular complexity index is 1410. The molecule has 164 valence electrons. The lowest BCUT2D eigenvalue weighted by atomic mass is 10.1. The van der Waals surface area contributed by atoms with Gasteiger partial charge in [-0.1, -0.05) is 48.0 Å². The van der Waals surface area contributed by atoms with Crippen molar-refractivity contribution in [3.05, 3.63) is 112 Å². The predicted octanol–water partition coefficient (Wildman–Crippen LogP) is 4.18. The molecule has 0 spiro atoms. The van der Waals surface area contributed by atoms with Crippen LogP contribution in [0.4, 0.5) is 0 Å². The molecule has 33 heavy (non-hydrogen) atoms. The Balaban J connectivity index is 1.47. The van der Waals surface area contributed by atoms with Crippen LogP contribution in [0.1, 0.15) is 31.8 Å². The molecule has 0 fully saturated rings. The van der Waals surface area contributed by atoms with E-state index in [1.807, 2.05) is 31.2 Å². The van der Waals surface area contributed by atoms with Gasteiger partial charge >= 0.3 is 5.63 Å². The minimum absolute atomic E-state index is 0.0122. The molecule has 0 saturated carbocycles. The molecule has 0 unspecified atom stereocenters. The highest BCUT2D eigenvalue weighted by Crippen LogP contribution is 2.24. The summed E-state index contributed by atoms with van der Waals surface area (Å²) in [6.07, 6.45) is 6.48. The molecule has 0 radical (unpaired) electrons. The molecule has 0 bridgehead atoms. The van der Waals surface area contributed by atoms with Crippen LogP contribution in [0.15, 0.2) is 88.3 Å². The fraction of sp³-hybridized carbons (Fsp3) is 0.111. The SMILES string of the molecule is COc1cccc2cc(C(=O)/C=C/c3cc[n+](CC(=O)c4ccc(C)cc4)cc3)c(=O)oc12. The third-order valence-corrected chi connectivity index (χ3v) is 5.25. The van der Waals surface area contributed by atoms with Crippen molar-refractivity contribution in [3.63, 3.8) is 0 Å². The van der Waals surface area contributed by atoms with Crippen LogP contribution in [0.3, 0.4) is 0 Å². The van der Waals surface area contributed by atoms with Crippen LogP contribution in [0, 0.1) is 6.92 Å². The highest BCUT2D eigenvalue weighted by Gasteiger charge is 2.14. The Morgan fingerprint density at radius 2 is 1.76 bits per heavy atom. The summed E-state index contributed by atoms with van der Waals surface area (Å²) in [6, 6.07) is 17.7. The highest BCUT2D eigenvalue weighted by molar-refractivity contribution is 6.08. The molecule has 2 aromatic carbocycles. The number of aromatic nitrogens is 1. The zero-order valence-electron chi connectivity index (χ0n) is 18.3. The van der Waals surface area contributed by atoms with Crippen molar-refractivity contribution in [1.29, 1.82) is 0 Å². The Morgan fingerprint density at radius 1 is 1.03 bits per heavy atom. The third-order valence-electron chi connectivity index (χ3n) is 5.25. The molecule has 2 aromatic heterocycles. The zero-order chi connectivity index (χ0) is 23.4. The van der Waals surface area contributed by atoms with Gasteiger partial charge in [0.05, 0.1) is 7.11 Å². The second-order valence-corrected chi connectivity index (χ2v) is 7.62. The van der Waals surface area contributed by atoms with E-state index in [9.17, 15) is 14.4 Å². The van der Waals surface area contributed by atoms with Crippen molar-refractivity contribution < 1.29 is 23.3 Å². The maximum Gasteiger partial charge on any atom is 0.347 e. The molecular formula is C27H22NO5+. The standard InChI is InChI=1S/C27H22NO5/c1-18-6-9-20(10-7-18)24(30)17-28-14-12-19(13-15-28)8-11-23(29)22-16-21-4-3-5-25(32-2)26(21)33-27(22)31/h3-16H,17H2,1-2H3/q+1/b11-8+. The van der Waals surface area contributed by atoms with Gasteiger partial charge in [-0.3, -0.25) is 9.59 Å². The molecule has 4 rings (SSSR count). The molecule has 0 aliphatic heterocycles. The minimum atomic E-state index is -0.720. The first-order valence-corrected chi connectivity index (χ1v) is 10.4. The molecule has 6 nitrogen and oxygen atoms in total. The monoisotopic (exact) mass is 440 g/mol. The van der Waals surface area contributed by atoms with Crippen LogP contribution < -0.4 is 14.9 Å². The first-order valence-electron chi connectivity index (χ1n) is 10.4. The molecule has 0 aliphatic carbocycles. The lowest BCUT2D eigenvalue weighted by Crippen LogP contribution is -2.37. The Hall–Kier alpha value is -4.32. The topological polar surface area (TPSA) is 77.5 Å².